The molecule has 1 heterocycles. The van der Waals surface area contributed by atoms with Gasteiger partial charge in [-0.3, -0.25) is 4.99 Å². The molecule has 0 aromatic heterocycles. The van der Waals surface area contributed by atoms with Crippen molar-refractivity contribution in [3.63, 3.8) is 0 Å². The first-order valence-corrected chi connectivity index (χ1v) is 12.5. The van der Waals surface area contributed by atoms with Gasteiger partial charge in [0.05, 0.1) is 17.7 Å². The Morgan fingerprint density at radius 1 is 0.857 bits per heavy atom. The number of benzene rings is 3. The van der Waals surface area contributed by atoms with Crippen LogP contribution < -0.4 is 10.1 Å². The molecule has 0 saturated carbocycles. The molecule has 0 spiro atoms. The lowest BCUT2D eigenvalue weighted by Crippen LogP contribution is -2.42. The molecule has 182 valence electrons. The van der Waals surface area contributed by atoms with Crippen molar-refractivity contribution < 1.29 is 9.84 Å². The zero-order valence-corrected chi connectivity index (χ0v) is 20.6. The number of hydrogen-bond donors (Lipinski definition) is 2. The highest BCUT2D eigenvalue weighted by molar-refractivity contribution is 5.75. The van der Waals surface area contributed by atoms with Crippen LogP contribution in [0, 0.1) is 11.8 Å². The molecule has 1 aliphatic heterocycles. The highest BCUT2D eigenvalue weighted by Crippen LogP contribution is 2.36. The Labute approximate surface area is 209 Å². The summed E-state index contributed by atoms with van der Waals surface area (Å²) >= 11 is 0. The largest absolute Gasteiger partial charge is 0.491 e. The Bertz CT molecular complexity index is 1030. The van der Waals surface area contributed by atoms with Crippen molar-refractivity contribution in [2.24, 2.45) is 16.8 Å². The van der Waals surface area contributed by atoms with E-state index in [0.29, 0.717) is 12.3 Å². The Kier molecular flexibility index (Phi) is 8.51. The lowest BCUT2D eigenvalue weighted by Gasteiger charge is -2.37. The smallest absolute Gasteiger partial charge is 0.119 e. The third-order valence-electron chi connectivity index (χ3n) is 7.09. The van der Waals surface area contributed by atoms with Crippen molar-refractivity contribution in [1.29, 1.82) is 0 Å². The molecule has 0 amide bonds. The number of nitrogens with one attached hydrogen (secondary N) is 1. The Morgan fingerprint density at radius 2 is 1.43 bits per heavy atom. The second-order valence-electron chi connectivity index (χ2n) is 9.54. The summed E-state index contributed by atoms with van der Waals surface area (Å²) in [5, 5.41) is 14.6. The molecule has 0 saturated heterocycles. The maximum Gasteiger partial charge on any atom is 0.119 e. The number of aliphatic hydroxyl groups excluding tert-OH is 1. The summed E-state index contributed by atoms with van der Waals surface area (Å²) in [5.41, 5.74) is 2.07. The minimum Gasteiger partial charge on any atom is -0.491 e. The third kappa shape index (κ3) is 6.47. The monoisotopic (exact) mass is 468 g/mol. The quantitative estimate of drug-likeness (QED) is 0.351. The fourth-order valence-electron chi connectivity index (χ4n) is 4.85. The lowest BCUT2D eigenvalue weighted by atomic mass is 9.75. The predicted octanol–water partition coefficient (Wildman–Crippen LogP) is 5.85. The summed E-state index contributed by atoms with van der Waals surface area (Å²) in [6.07, 6.45) is 5.92. The number of aliphatic imine (C=N–C) groups is 1. The number of para-hydroxylation sites is 1. The van der Waals surface area contributed by atoms with Crippen molar-refractivity contribution >= 4 is 6.21 Å². The van der Waals surface area contributed by atoms with Gasteiger partial charge in [-0.15, -0.1) is 0 Å². The maximum atomic E-state index is 10.8. The third-order valence-corrected chi connectivity index (χ3v) is 7.09. The van der Waals surface area contributed by atoms with Crippen LogP contribution in [0.25, 0.3) is 0 Å². The highest BCUT2D eigenvalue weighted by atomic mass is 16.5. The molecule has 35 heavy (non-hydrogen) atoms. The zero-order chi connectivity index (χ0) is 24.5. The molecule has 2 N–H and O–H groups in total. The van der Waals surface area contributed by atoms with Crippen LogP contribution in [-0.4, -0.2) is 36.1 Å². The molecule has 0 fully saturated rings. The molecule has 1 aliphatic rings. The molecule has 4 heteroatoms. The summed E-state index contributed by atoms with van der Waals surface area (Å²) in [4.78, 5) is 4.85. The van der Waals surface area contributed by atoms with E-state index >= 15 is 0 Å². The molecule has 0 radical (unpaired) electrons. The van der Waals surface area contributed by atoms with Crippen LogP contribution >= 0.6 is 0 Å². The van der Waals surface area contributed by atoms with Crippen LogP contribution in [-0.2, 0) is 0 Å². The van der Waals surface area contributed by atoms with Gasteiger partial charge >= 0.3 is 0 Å². The van der Waals surface area contributed by atoms with Crippen LogP contribution in [0.15, 0.2) is 108 Å². The van der Waals surface area contributed by atoms with E-state index in [1.165, 1.54) is 11.1 Å². The molecule has 4 unspecified atom stereocenters. The van der Waals surface area contributed by atoms with Gasteiger partial charge in [-0.25, -0.2) is 0 Å². The second-order valence-corrected chi connectivity index (χ2v) is 9.54. The maximum absolute atomic E-state index is 10.8. The van der Waals surface area contributed by atoms with Gasteiger partial charge in [0.2, 0.25) is 0 Å². The SMILES string of the molecule is CC(CNC(c1ccccc1)c1ccccc1)C(C)C1(CC(O)COc2ccccc2)C=CC=N1. The number of hydrogen-bond acceptors (Lipinski definition) is 4. The average Bonchev–Trinajstić information content (AvgIpc) is 3.38. The van der Waals surface area contributed by atoms with Crippen LogP contribution in [0.4, 0.5) is 0 Å². The fraction of sp³-hybridized carbons (Fsp3) is 0.323. The van der Waals surface area contributed by atoms with Gasteiger partial charge in [0.15, 0.2) is 0 Å². The topological polar surface area (TPSA) is 53.8 Å². The van der Waals surface area contributed by atoms with Gasteiger partial charge in [-0.1, -0.05) is 98.8 Å². The van der Waals surface area contributed by atoms with Gasteiger partial charge in [-0.2, -0.15) is 0 Å². The lowest BCUT2D eigenvalue weighted by molar-refractivity contribution is 0.0711. The summed E-state index contributed by atoms with van der Waals surface area (Å²) in [7, 11) is 0. The van der Waals surface area contributed by atoms with E-state index in [1.807, 2.05) is 42.6 Å². The van der Waals surface area contributed by atoms with E-state index in [2.05, 4.69) is 85.9 Å². The van der Waals surface area contributed by atoms with E-state index in [1.54, 1.807) is 0 Å². The van der Waals surface area contributed by atoms with E-state index in [0.717, 1.165) is 12.3 Å². The first kappa shape index (κ1) is 24.9. The number of allylic oxidation sites excluding steroid dienone is 1. The van der Waals surface area contributed by atoms with Gasteiger partial charge in [0.25, 0.3) is 0 Å². The summed E-state index contributed by atoms with van der Waals surface area (Å²) in [6, 6.07) is 30.9. The number of nitrogens with zero attached hydrogens (tertiary/aromatic N) is 1. The number of rotatable bonds is 12. The van der Waals surface area contributed by atoms with Crippen molar-refractivity contribution in [1.82, 2.24) is 5.32 Å². The first-order valence-electron chi connectivity index (χ1n) is 12.5. The van der Waals surface area contributed by atoms with Gasteiger partial charge < -0.3 is 15.2 Å². The normalized spacial score (nSPS) is 19.5. The molecule has 3 aromatic carbocycles. The minimum atomic E-state index is -0.612. The van der Waals surface area contributed by atoms with Crippen molar-refractivity contribution in [3.05, 3.63) is 114 Å². The first-order chi connectivity index (χ1) is 17.1. The van der Waals surface area contributed by atoms with E-state index < -0.39 is 11.6 Å². The Balaban J connectivity index is 1.41. The molecule has 0 bridgehead atoms. The molecule has 0 aliphatic carbocycles. The van der Waals surface area contributed by atoms with Crippen LogP contribution in [0.3, 0.4) is 0 Å². The van der Waals surface area contributed by atoms with E-state index in [9.17, 15) is 5.11 Å². The van der Waals surface area contributed by atoms with Gasteiger partial charge in [-0.05, 0) is 47.7 Å². The predicted molar refractivity (Wildman–Crippen MR) is 144 cm³/mol. The fourth-order valence-corrected chi connectivity index (χ4v) is 4.85. The summed E-state index contributed by atoms with van der Waals surface area (Å²) < 4.78 is 5.80. The van der Waals surface area contributed by atoms with Crippen LogP contribution in [0.5, 0.6) is 5.75 Å². The highest BCUT2D eigenvalue weighted by Gasteiger charge is 2.39. The van der Waals surface area contributed by atoms with Crippen LogP contribution in [0.2, 0.25) is 0 Å². The average molecular weight is 469 g/mol. The van der Waals surface area contributed by atoms with Gasteiger partial charge in [0.1, 0.15) is 12.4 Å². The summed E-state index contributed by atoms with van der Waals surface area (Å²) in [6.45, 7) is 5.58. The zero-order valence-electron chi connectivity index (χ0n) is 20.6. The molecular formula is C31H36N2O2. The molecule has 4 rings (SSSR count). The molecule has 4 atom stereocenters. The van der Waals surface area contributed by atoms with E-state index in [-0.39, 0.29) is 18.6 Å². The second kappa shape index (κ2) is 12.0. The summed E-state index contributed by atoms with van der Waals surface area (Å²) in [5.74, 6) is 1.32. The van der Waals surface area contributed by atoms with E-state index in [4.69, 9.17) is 9.73 Å². The molecular weight excluding hydrogens is 432 g/mol. The number of ether oxygens (including phenoxy) is 1. The van der Waals surface area contributed by atoms with Gasteiger partial charge in [0, 0.05) is 12.6 Å². The minimum absolute atomic E-state index is 0.121. The number of aliphatic hydroxyl groups is 1. The molecule has 3 aromatic rings. The Morgan fingerprint density at radius 3 is 1.97 bits per heavy atom. The molecule has 4 nitrogen and oxygen atoms in total. The van der Waals surface area contributed by atoms with Crippen molar-refractivity contribution in [3.8, 4) is 5.75 Å². The van der Waals surface area contributed by atoms with Crippen molar-refractivity contribution in [2.45, 2.75) is 38.0 Å². The van der Waals surface area contributed by atoms with Crippen molar-refractivity contribution in [2.75, 3.05) is 13.2 Å². The standard InChI is InChI=1S/C31H36N2O2/c1-24(22-32-30(26-13-6-3-7-14-26)27-15-8-4-9-16-27)25(2)31(19-12-20-33-31)21-28(34)23-35-29-17-10-5-11-18-29/h3-20,24-25,28,30,32,34H,21-23H2,1-2H3. The van der Waals surface area contributed by atoms with Crippen LogP contribution in [0.1, 0.15) is 37.4 Å². The Hall–Kier alpha value is -3.21.